The van der Waals surface area contributed by atoms with Crippen LogP contribution in [0.3, 0.4) is 0 Å². The molecule has 0 aromatic heterocycles. The van der Waals surface area contributed by atoms with Crippen molar-refractivity contribution >= 4 is 22.1 Å². The Hall–Kier alpha value is -1.23. The summed E-state index contributed by atoms with van der Waals surface area (Å²) >= 11 is 3.50. The molecular formula is C13H19BrN2O2. The van der Waals surface area contributed by atoms with Crippen molar-refractivity contribution in [2.45, 2.75) is 13.8 Å². The van der Waals surface area contributed by atoms with Crippen molar-refractivity contribution in [2.24, 2.45) is 5.10 Å². The third kappa shape index (κ3) is 4.22. The van der Waals surface area contributed by atoms with Crippen LogP contribution in [0.2, 0.25) is 0 Å². The molecule has 0 amide bonds. The van der Waals surface area contributed by atoms with E-state index in [0.717, 1.165) is 21.5 Å². The summed E-state index contributed by atoms with van der Waals surface area (Å²) < 4.78 is 12.0. The van der Waals surface area contributed by atoms with Crippen molar-refractivity contribution in [3.63, 3.8) is 0 Å². The lowest BCUT2D eigenvalue weighted by atomic mass is 10.2. The quantitative estimate of drug-likeness (QED) is 0.597. The molecule has 0 atom stereocenters. The largest absolute Gasteiger partial charge is 0.490 e. The lowest BCUT2D eigenvalue weighted by Gasteiger charge is -2.13. The van der Waals surface area contributed by atoms with Gasteiger partial charge in [-0.1, -0.05) is 0 Å². The van der Waals surface area contributed by atoms with Gasteiger partial charge in [-0.15, -0.1) is 0 Å². The summed E-state index contributed by atoms with van der Waals surface area (Å²) in [4.78, 5) is 0. The summed E-state index contributed by atoms with van der Waals surface area (Å²) in [5.74, 6) is 1.47. The number of ether oxygens (including phenoxy) is 2. The van der Waals surface area contributed by atoms with Crippen molar-refractivity contribution in [3.05, 3.63) is 22.2 Å². The summed E-state index contributed by atoms with van der Waals surface area (Å²) in [5.41, 5.74) is 0.961. The molecule has 0 fully saturated rings. The van der Waals surface area contributed by atoms with E-state index in [1.54, 1.807) is 11.2 Å². The van der Waals surface area contributed by atoms with Gasteiger partial charge in [0.2, 0.25) is 0 Å². The monoisotopic (exact) mass is 314 g/mol. The highest BCUT2D eigenvalue weighted by atomic mass is 79.9. The average Bonchev–Trinajstić information content (AvgIpc) is 2.31. The Morgan fingerprint density at radius 2 is 1.89 bits per heavy atom. The number of hydrazone groups is 1. The molecular weight excluding hydrogens is 296 g/mol. The molecule has 0 bridgehead atoms. The highest BCUT2D eigenvalue weighted by Crippen LogP contribution is 2.36. The van der Waals surface area contributed by atoms with E-state index in [9.17, 15) is 0 Å². The maximum atomic E-state index is 5.59. The third-order valence-corrected chi connectivity index (χ3v) is 2.65. The van der Waals surface area contributed by atoms with Crippen LogP contribution in [-0.2, 0) is 0 Å². The topological polar surface area (TPSA) is 34.1 Å². The van der Waals surface area contributed by atoms with E-state index in [4.69, 9.17) is 9.47 Å². The number of benzene rings is 1. The number of hydrogen-bond donors (Lipinski definition) is 0. The normalized spacial score (nSPS) is 10.7. The van der Waals surface area contributed by atoms with Crippen LogP contribution in [0.25, 0.3) is 0 Å². The molecule has 4 nitrogen and oxygen atoms in total. The van der Waals surface area contributed by atoms with Gasteiger partial charge >= 0.3 is 0 Å². The first-order valence-electron chi connectivity index (χ1n) is 5.88. The van der Waals surface area contributed by atoms with Crippen molar-refractivity contribution < 1.29 is 9.47 Å². The first-order chi connectivity index (χ1) is 8.58. The number of hydrogen-bond acceptors (Lipinski definition) is 4. The molecule has 5 heteroatoms. The maximum absolute atomic E-state index is 5.59. The minimum atomic E-state index is 0.598. The Labute approximate surface area is 117 Å². The molecule has 0 radical (unpaired) electrons. The fourth-order valence-electron chi connectivity index (χ4n) is 1.39. The van der Waals surface area contributed by atoms with Crippen molar-refractivity contribution in [1.29, 1.82) is 0 Å². The number of nitrogens with zero attached hydrogens (tertiary/aromatic N) is 2. The molecule has 0 N–H and O–H groups in total. The molecule has 0 aliphatic carbocycles. The minimum Gasteiger partial charge on any atom is -0.490 e. The Balaban J connectivity index is 3.09. The van der Waals surface area contributed by atoms with Gasteiger partial charge < -0.3 is 14.5 Å². The van der Waals surface area contributed by atoms with E-state index in [1.807, 2.05) is 40.1 Å². The SMILES string of the molecule is CCOc1cc(/C=N/N(C)C)cc(Br)c1OCC. The standard InChI is InChI=1S/C13H19BrN2O2/c1-5-17-12-8-10(9-15-16(3)4)7-11(14)13(12)18-6-2/h7-9H,5-6H2,1-4H3/b15-9+. The summed E-state index contributed by atoms with van der Waals surface area (Å²) in [5, 5.41) is 5.94. The zero-order valence-corrected chi connectivity index (χ0v) is 12.8. The van der Waals surface area contributed by atoms with Crippen molar-refractivity contribution in [2.75, 3.05) is 27.3 Å². The van der Waals surface area contributed by atoms with Gasteiger partial charge in [0, 0.05) is 14.1 Å². The Kier molecular flexibility index (Phi) is 5.98. The van der Waals surface area contributed by atoms with Gasteiger partial charge in [-0.25, -0.2) is 0 Å². The lowest BCUT2D eigenvalue weighted by molar-refractivity contribution is 0.286. The molecule has 1 rings (SSSR count). The molecule has 18 heavy (non-hydrogen) atoms. The van der Waals surface area contributed by atoms with Crippen LogP contribution in [-0.4, -0.2) is 38.5 Å². The first kappa shape index (κ1) is 14.8. The van der Waals surface area contributed by atoms with Crippen LogP contribution in [0.4, 0.5) is 0 Å². The smallest absolute Gasteiger partial charge is 0.175 e. The first-order valence-corrected chi connectivity index (χ1v) is 6.68. The van der Waals surface area contributed by atoms with Crippen LogP contribution in [0.1, 0.15) is 19.4 Å². The van der Waals surface area contributed by atoms with Gasteiger partial charge in [0.15, 0.2) is 11.5 Å². The second kappa shape index (κ2) is 7.26. The predicted molar refractivity (Wildman–Crippen MR) is 77.8 cm³/mol. The van der Waals surface area contributed by atoms with Gasteiger partial charge in [0.1, 0.15) is 0 Å². The summed E-state index contributed by atoms with van der Waals surface area (Å²) in [6.45, 7) is 5.10. The van der Waals surface area contributed by atoms with Crippen LogP contribution < -0.4 is 9.47 Å². The molecule has 0 saturated heterocycles. The second-order valence-electron chi connectivity index (χ2n) is 3.79. The van der Waals surface area contributed by atoms with Gasteiger partial charge in [-0.05, 0) is 47.5 Å². The van der Waals surface area contributed by atoms with E-state index in [0.29, 0.717) is 13.2 Å². The summed E-state index contributed by atoms with van der Waals surface area (Å²) in [6, 6.07) is 3.88. The highest BCUT2D eigenvalue weighted by Gasteiger charge is 2.11. The van der Waals surface area contributed by atoms with Crippen LogP contribution >= 0.6 is 15.9 Å². The highest BCUT2D eigenvalue weighted by molar-refractivity contribution is 9.10. The second-order valence-corrected chi connectivity index (χ2v) is 4.64. The van der Waals surface area contributed by atoms with Crippen LogP contribution in [0, 0.1) is 0 Å². The van der Waals surface area contributed by atoms with E-state index in [-0.39, 0.29) is 0 Å². The molecule has 0 heterocycles. The van der Waals surface area contributed by atoms with Crippen molar-refractivity contribution in [3.8, 4) is 11.5 Å². The van der Waals surface area contributed by atoms with Gasteiger partial charge in [0.25, 0.3) is 0 Å². The molecule has 0 spiro atoms. The van der Waals surface area contributed by atoms with Crippen molar-refractivity contribution in [1.82, 2.24) is 5.01 Å². The summed E-state index contributed by atoms with van der Waals surface area (Å²) in [7, 11) is 3.76. The van der Waals surface area contributed by atoms with E-state index < -0.39 is 0 Å². The number of rotatable bonds is 6. The molecule has 0 aliphatic rings. The van der Waals surface area contributed by atoms with Gasteiger partial charge in [0.05, 0.1) is 23.9 Å². The average molecular weight is 315 g/mol. The summed E-state index contributed by atoms with van der Waals surface area (Å²) in [6.07, 6.45) is 1.78. The number of halogens is 1. The zero-order chi connectivity index (χ0) is 13.5. The van der Waals surface area contributed by atoms with Gasteiger partial charge in [-0.2, -0.15) is 5.10 Å². The zero-order valence-electron chi connectivity index (χ0n) is 11.2. The fourth-order valence-corrected chi connectivity index (χ4v) is 1.97. The predicted octanol–water partition coefficient (Wildman–Crippen LogP) is 3.14. The molecule has 1 aromatic rings. The Bertz CT molecular complexity index is 420. The molecule has 0 aliphatic heterocycles. The van der Waals surface area contributed by atoms with E-state index >= 15 is 0 Å². The molecule has 0 saturated carbocycles. The van der Waals surface area contributed by atoms with Gasteiger partial charge in [-0.3, -0.25) is 0 Å². The molecule has 1 aromatic carbocycles. The van der Waals surface area contributed by atoms with Crippen LogP contribution in [0.15, 0.2) is 21.7 Å². The van der Waals surface area contributed by atoms with Crippen LogP contribution in [0.5, 0.6) is 11.5 Å². The fraction of sp³-hybridized carbons (Fsp3) is 0.462. The third-order valence-electron chi connectivity index (χ3n) is 2.06. The van der Waals surface area contributed by atoms with E-state index in [1.165, 1.54) is 0 Å². The Morgan fingerprint density at radius 1 is 1.22 bits per heavy atom. The lowest BCUT2D eigenvalue weighted by Crippen LogP contribution is -2.03. The Morgan fingerprint density at radius 3 is 2.44 bits per heavy atom. The van der Waals surface area contributed by atoms with E-state index in [2.05, 4.69) is 21.0 Å². The molecule has 100 valence electrons. The maximum Gasteiger partial charge on any atom is 0.175 e. The molecule has 0 unspecified atom stereocenters. The minimum absolute atomic E-state index is 0.598.